The van der Waals surface area contributed by atoms with Crippen LogP contribution in [-0.4, -0.2) is 31.1 Å². The third-order valence-corrected chi connectivity index (χ3v) is 4.76. The minimum atomic E-state index is -0.293. The van der Waals surface area contributed by atoms with Crippen LogP contribution in [0.2, 0.25) is 0 Å². The number of carbonyl (C=O) groups excluding carboxylic acids is 1. The van der Waals surface area contributed by atoms with E-state index in [0.717, 1.165) is 23.4 Å². The van der Waals surface area contributed by atoms with E-state index < -0.39 is 0 Å². The van der Waals surface area contributed by atoms with Crippen LogP contribution in [0.3, 0.4) is 0 Å². The summed E-state index contributed by atoms with van der Waals surface area (Å²) in [4.78, 5) is 15.0. The molecular formula is C20H24N2O3. The van der Waals surface area contributed by atoms with E-state index in [-0.39, 0.29) is 18.1 Å². The van der Waals surface area contributed by atoms with E-state index in [9.17, 15) is 4.79 Å². The number of hydrogen-bond acceptors (Lipinski definition) is 4. The molecule has 1 amide bonds. The second-order valence-corrected chi connectivity index (χ2v) is 6.17. The highest BCUT2D eigenvalue weighted by Gasteiger charge is 2.36. The summed E-state index contributed by atoms with van der Waals surface area (Å²) in [5.74, 6) is 1.45. The van der Waals surface area contributed by atoms with Gasteiger partial charge in [-0.15, -0.1) is 0 Å². The van der Waals surface area contributed by atoms with Crippen molar-refractivity contribution in [3.05, 3.63) is 53.6 Å². The van der Waals surface area contributed by atoms with Crippen molar-refractivity contribution in [2.45, 2.75) is 32.5 Å². The third kappa shape index (κ3) is 3.02. The van der Waals surface area contributed by atoms with E-state index >= 15 is 0 Å². The van der Waals surface area contributed by atoms with Crippen LogP contribution < -0.4 is 14.8 Å². The Labute approximate surface area is 148 Å². The molecule has 0 saturated carbocycles. The normalized spacial score (nSPS) is 17.5. The van der Waals surface area contributed by atoms with Crippen molar-refractivity contribution in [3.63, 3.8) is 0 Å². The van der Waals surface area contributed by atoms with Gasteiger partial charge in [-0.05, 0) is 37.6 Å². The molecule has 2 atom stereocenters. The molecular weight excluding hydrogens is 316 g/mol. The molecule has 1 aliphatic heterocycles. The van der Waals surface area contributed by atoms with E-state index in [1.165, 1.54) is 0 Å². The fourth-order valence-electron chi connectivity index (χ4n) is 3.19. The zero-order chi connectivity index (χ0) is 18.0. The fraction of sp³-hybridized carbons (Fsp3) is 0.350. The Morgan fingerprint density at radius 1 is 1.16 bits per heavy atom. The summed E-state index contributed by atoms with van der Waals surface area (Å²) >= 11 is 0. The number of carbonyl (C=O) groups is 1. The van der Waals surface area contributed by atoms with Crippen LogP contribution >= 0.6 is 0 Å². The minimum absolute atomic E-state index is 0.0339. The summed E-state index contributed by atoms with van der Waals surface area (Å²) in [6.07, 6.45) is 0.572. The highest BCUT2D eigenvalue weighted by molar-refractivity contribution is 6.02. The van der Waals surface area contributed by atoms with Crippen molar-refractivity contribution in [2.75, 3.05) is 19.5 Å². The Kier molecular flexibility index (Phi) is 4.83. The van der Waals surface area contributed by atoms with Gasteiger partial charge in [0.25, 0.3) is 5.91 Å². The standard InChI is InChI=1S/C20H24N2O3/c1-5-13(2)22-19(16-11-10-14(24-3)12-18(16)25-4)21-17-9-7-6-8-15(17)20(22)23/h6-13,19,21H,5H2,1-4H3. The zero-order valence-electron chi connectivity index (χ0n) is 15.1. The average molecular weight is 340 g/mol. The summed E-state index contributed by atoms with van der Waals surface area (Å²) in [5, 5.41) is 3.51. The maximum atomic E-state index is 13.1. The Bertz CT molecular complexity index is 775. The second-order valence-electron chi connectivity index (χ2n) is 6.17. The van der Waals surface area contributed by atoms with Crippen LogP contribution in [0.5, 0.6) is 11.5 Å². The van der Waals surface area contributed by atoms with E-state index in [0.29, 0.717) is 11.3 Å². The largest absolute Gasteiger partial charge is 0.497 e. The number of anilines is 1. The predicted octanol–water partition coefficient (Wildman–Crippen LogP) is 4.07. The van der Waals surface area contributed by atoms with Gasteiger partial charge in [-0.3, -0.25) is 4.79 Å². The lowest BCUT2D eigenvalue weighted by Gasteiger charge is -2.41. The SMILES string of the molecule is CCC(C)N1C(=O)c2ccccc2NC1c1ccc(OC)cc1OC. The van der Waals surface area contributed by atoms with Crippen LogP contribution in [0.15, 0.2) is 42.5 Å². The van der Waals surface area contributed by atoms with Gasteiger partial charge in [-0.2, -0.15) is 0 Å². The number of fused-ring (bicyclic) bond motifs is 1. The van der Waals surface area contributed by atoms with Crippen molar-refractivity contribution in [2.24, 2.45) is 0 Å². The lowest BCUT2D eigenvalue weighted by molar-refractivity contribution is 0.0591. The first-order chi connectivity index (χ1) is 12.1. The Morgan fingerprint density at radius 3 is 2.60 bits per heavy atom. The quantitative estimate of drug-likeness (QED) is 0.891. The molecule has 1 heterocycles. The van der Waals surface area contributed by atoms with Crippen molar-refractivity contribution >= 4 is 11.6 Å². The zero-order valence-corrected chi connectivity index (χ0v) is 15.1. The molecule has 0 saturated heterocycles. The molecule has 25 heavy (non-hydrogen) atoms. The average Bonchev–Trinajstić information content (AvgIpc) is 2.66. The Morgan fingerprint density at radius 2 is 1.92 bits per heavy atom. The van der Waals surface area contributed by atoms with E-state index in [4.69, 9.17) is 9.47 Å². The van der Waals surface area contributed by atoms with Gasteiger partial charge >= 0.3 is 0 Å². The highest BCUT2D eigenvalue weighted by atomic mass is 16.5. The number of para-hydroxylation sites is 1. The molecule has 0 fully saturated rings. The lowest BCUT2D eigenvalue weighted by atomic mass is 10.00. The van der Waals surface area contributed by atoms with E-state index in [1.807, 2.05) is 47.4 Å². The Balaban J connectivity index is 2.11. The maximum Gasteiger partial charge on any atom is 0.258 e. The Hall–Kier alpha value is -2.69. The van der Waals surface area contributed by atoms with Gasteiger partial charge in [0.2, 0.25) is 0 Å². The first-order valence-electron chi connectivity index (χ1n) is 8.50. The molecule has 0 spiro atoms. The van der Waals surface area contributed by atoms with Crippen LogP contribution in [0.25, 0.3) is 0 Å². The van der Waals surface area contributed by atoms with E-state index in [2.05, 4.69) is 19.2 Å². The minimum Gasteiger partial charge on any atom is -0.497 e. The smallest absolute Gasteiger partial charge is 0.258 e. The summed E-state index contributed by atoms with van der Waals surface area (Å²) < 4.78 is 10.9. The highest BCUT2D eigenvalue weighted by Crippen LogP contribution is 2.39. The van der Waals surface area contributed by atoms with Crippen LogP contribution in [0.4, 0.5) is 5.69 Å². The van der Waals surface area contributed by atoms with Crippen LogP contribution in [0.1, 0.15) is 42.4 Å². The summed E-state index contributed by atoms with van der Waals surface area (Å²) in [6, 6.07) is 13.4. The van der Waals surface area contributed by atoms with Crippen molar-refractivity contribution < 1.29 is 14.3 Å². The number of methoxy groups -OCH3 is 2. The molecule has 3 rings (SSSR count). The summed E-state index contributed by atoms with van der Waals surface area (Å²) in [6.45, 7) is 4.15. The molecule has 0 radical (unpaired) electrons. The number of ether oxygens (including phenoxy) is 2. The molecule has 0 aromatic heterocycles. The van der Waals surface area contributed by atoms with Crippen LogP contribution in [0, 0.1) is 0 Å². The maximum absolute atomic E-state index is 13.1. The van der Waals surface area contributed by atoms with Gasteiger partial charge in [0.1, 0.15) is 17.7 Å². The molecule has 0 bridgehead atoms. The van der Waals surface area contributed by atoms with Crippen molar-refractivity contribution in [3.8, 4) is 11.5 Å². The molecule has 132 valence electrons. The molecule has 0 aliphatic carbocycles. The molecule has 5 nitrogen and oxygen atoms in total. The molecule has 5 heteroatoms. The predicted molar refractivity (Wildman–Crippen MR) is 98.3 cm³/mol. The number of rotatable bonds is 5. The number of amides is 1. The lowest BCUT2D eigenvalue weighted by Crippen LogP contribution is -2.47. The fourth-order valence-corrected chi connectivity index (χ4v) is 3.19. The van der Waals surface area contributed by atoms with Gasteiger partial charge in [0, 0.05) is 23.4 Å². The summed E-state index contributed by atoms with van der Waals surface area (Å²) in [5.41, 5.74) is 2.45. The number of hydrogen-bond donors (Lipinski definition) is 1. The molecule has 2 aromatic carbocycles. The van der Waals surface area contributed by atoms with Crippen LogP contribution in [-0.2, 0) is 0 Å². The molecule has 2 aromatic rings. The topological polar surface area (TPSA) is 50.8 Å². The van der Waals surface area contributed by atoms with E-state index in [1.54, 1.807) is 14.2 Å². The molecule has 2 unspecified atom stereocenters. The van der Waals surface area contributed by atoms with Gasteiger partial charge in [-0.1, -0.05) is 19.1 Å². The molecule has 1 N–H and O–H groups in total. The summed E-state index contributed by atoms with van der Waals surface area (Å²) in [7, 11) is 3.25. The van der Waals surface area contributed by atoms with Gasteiger partial charge < -0.3 is 19.7 Å². The van der Waals surface area contributed by atoms with Gasteiger partial charge in [0.05, 0.1) is 19.8 Å². The number of benzene rings is 2. The van der Waals surface area contributed by atoms with Gasteiger partial charge in [-0.25, -0.2) is 0 Å². The monoisotopic (exact) mass is 340 g/mol. The molecule has 1 aliphatic rings. The van der Waals surface area contributed by atoms with Crippen molar-refractivity contribution in [1.29, 1.82) is 0 Å². The van der Waals surface area contributed by atoms with Gasteiger partial charge in [0.15, 0.2) is 0 Å². The van der Waals surface area contributed by atoms with Crippen molar-refractivity contribution in [1.82, 2.24) is 4.90 Å². The third-order valence-electron chi connectivity index (χ3n) is 4.76. The first kappa shape index (κ1) is 17.1. The first-order valence-corrected chi connectivity index (χ1v) is 8.50. The second kappa shape index (κ2) is 7.05. The number of nitrogens with zero attached hydrogens (tertiary/aromatic N) is 1. The number of nitrogens with one attached hydrogen (secondary N) is 1.